The van der Waals surface area contributed by atoms with Crippen LogP contribution in [0.5, 0.6) is 11.5 Å². The molecule has 0 saturated carbocycles. The summed E-state index contributed by atoms with van der Waals surface area (Å²) in [7, 11) is 0. The molecule has 0 saturated heterocycles. The smallest absolute Gasteiger partial charge is 0.160 e. The Bertz CT molecular complexity index is 2850. The summed E-state index contributed by atoms with van der Waals surface area (Å²) in [6.07, 6.45) is 0. The molecule has 54 heavy (non-hydrogen) atoms. The summed E-state index contributed by atoms with van der Waals surface area (Å²) >= 11 is 0. The number of para-hydroxylation sites is 2. The van der Waals surface area contributed by atoms with Gasteiger partial charge in [0.05, 0.1) is 16.6 Å². The number of fused-ring (bicyclic) bond motifs is 10. The maximum atomic E-state index is 6.74. The standard InChI is InChI=1S/C51H32N2O/c1-2-12-36(13-3-1)49-41-16-6-10-20-46(41)52-50(53-49)37-28-26-34(27-29-37)33-22-24-35(25-23-33)38-30-31-45-48(32-38)54-47-21-11-9-19-44(47)51(45)42-17-7-4-14-39(42)40-15-5-8-18-43(40)51/h1-32H. The number of benzene rings is 8. The highest BCUT2D eigenvalue weighted by Crippen LogP contribution is 2.62. The van der Waals surface area contributed by atoms with E-state index >= 15 is 0 Å². The second kappa shape index (κ2) is 12.0. The van der Waals surface area contributed by atoms with Crippen molar-refractivity contribution in [3.8, 4) is 67.5 Å². The zero-order valence-electron chi connectivity index (χ0n) is 29.3. The summed E-state index contributed by atoms with van der Waals surface area (Å²) < 4.78 is 6.74. The molecule has 11 rings (SSSR count). The SMILES string of the molecule is c1ccc(-c2nc(-c3ccc(-c4ccc(-c5ccc6c(c5)Oc5ccccc5C65c6ccccc6-c6ccccc65)cc4)cc3)nc3ccccc23)cc1. The molecule has 2 heterocycles. The molecule has 3 nitrogen and oxygen atoms in total. The summed E-state index contributed by atoms with van der Waals surface area (Å²) in [6, 6.07) is 68.9. The predicted molar refractivity (Wildman–Crippen MR) is 219 cm³/mol. The summed E-state index contributed by atoms with van der Waals surface area (Å²) in [5, 5.41) is 1.05. The second-order valence-electron chi connectivity index (χ2n) is 14.1. The van der Waals surface area contributed by atoms with Crippen LogP contribution < -0.4 is 4.74 Å². The molecule has 9 aromatic rings. The van der Waals surface area contributed by atoms with E-state index in [4.69, 9.17) is 14.7 Å². The van der Waals surface area contributed by atoms with E-state index in [0.717, 1.165) is 67.3 Å². The maximum Gasteiger partial charge on any atom is 0.160 e. The predicted octanol–water partition coefficient (Wildman–Crippen LogP) is 12.8. The van der Waals surface area contributed by atoms with Gasteiger partial charge in [-0.3, -0.25) is 0 Å². The molecular weight excluding hydrogens is 657 g/mol. The Balaban J connectivity index is 0.937. The van der Waals surface area contributed by atoms with Crippen LogP contribution in [-0.4, -0.2) is 9.97 Å². The fourth-order valence-corrected chi connectivity index (χ4v) is 8.73. The first-order valence-electron chi connectivity index (χ1n) is 18.4. The largest absolute Gasteiger partial charge is 0.457 e. The Kier molecular flexibility index (Phi) is 6.77. The zero-order valence-corrected chi connectivity index (χ0v) is 29.3. The molecule has 0 amide bonds. The van der Waals surface area contributed by atoms with Crippen molar-refractivity contribution in [2.24, 2.45) is 0 Å². The first-order chi connectivity index (χ1) is 26.8. The van der Waals surface area contributed by atoms with E-state index in [9.17, 15) is 0 Å². The average molecular weight is 689 g/mol. The zero-order chi connectivity index (χ0) is 35.6. The molecule has 0 unspecified atom stereocenters. The Morgan fingerprint density at radius 2 is 0.870 bits per heavy atom. The van der Waals surface area contributed by atoms with E-state index in [0.29, 0.717) is 0 Å². The van der Waals surface area contributed by atoms with Crippen LogP contribution in [0.15, 0.2) is 194 Å². The second-order valence-corrected chi connectivity index (χ2v) is 14.1. The summed E-state index contributed by atoms with van der Waals surface area (Å²) in [4.78, 5) is 10.0. The van der Waals surface area contributed by atoms with Gasteiger partial charge >= 0.3 is 0 Å². The summed E-state index contributed by atoms with van der Waals surface area (Å²) in [5.74, 6) is 2.51. The highest BCUT2D eigenvalue weighted by atomic mass is 16.5. The van der Waals surface area contributed by atoms with Crippen LogP contribution in [0.25, 0.3) is 66.9 Å². The topological polar surface area (TPSA) is 35.0 Å². The van der Waals surface area contributed by atoms with Gasteiger partial charge in [-0.05, 0) is 62.7 Å². The number of nitrogens with zero attached hydrogens (tertiary/aromatic N) is 2. The Morgan fingerprint density at radius 1 is 0.352 bits per heavy atom. The molecule has 1 spiro atoms. The Hall–Kier alpha value is -7.10. The van der Waals surface area contributed by atoms with Gasteiger partial charge in [-0.1, -0.05) is 176 Å². The molecule has 0 N–H and O–H groups in total. The molecule has 2 aliphatic rings. The van der Waals surface area contributed by atoms with Gasteiger partial charge in [-0.25, -0.2) is 9.97 Å². The minimum atomic E-state index is -0.451. The van der Waals surface area contributed by atoms with Crippen molar-refractivity contribution in [3.63, 3.8) is 0 Å². The van der Waals surface area contributed by atoms with Gasteiger partial charge < -0.3 is 4.74 Å². The summed E-state index contributed by atoms with van der Waals surface area (Å²) in [6.45, 7) is 0. The first kappa shape index (κ1) is 30.5. The van der Waals surface area contributed by atoms with E-state index in [1.165, 1.54) is 33.4 Å². The first-order valence-corrected chi connectivity index (χ1v) is 18.4. The highest BCUT2D eigenvalue weighted by molar-refractivity contribution is 5.94. The van der Waals surface area contributed by atoms with Gasteiger partial charge in [0.1, 0.15) is 11.5 Å². The molecule has 0 radical (unpaired) electrons. The molecule has 1 aliphatic heterocycles. The van der Waals surface area contributed by atoms with Crippen LogP contribution in [0.1, 0.15) is 22.3 Å². The molecule has 3 heteroatoms. The number of aromatic nitrogens is 2. The van der Waals surface area contributed by atoms with Gasteiger partial charge in [0.15, 0.2) is 5.82 Å². The number of ether oxygens (including phenoxy) is 1. The lowest BCUT2D eigenvalue weighted by molar-refractivity contribution is 0.436. The minimum absolute atomic E-state index is 0.451. The van der Waals surface area contributed by atoms with Crippen molar-refractivity contribution in [3.05, 3.63) is 216 Å². The van der Waals surface area contributed by atoms with Crippen LogP contribution in [-0.2, 0) is 5.41 Å². The lowest BCUT2D eigenvalue weighted by Gasteiger charge is -2.39. The Morgan fingerprint density at radius 3 is 1.57 bits per heavy atom. The third-order valence-corrected chi connectivity index (χ3v) is 11.2. The van der Waals surface area contributed by atoms with E-state index in [2.05, 4.69) is 164 Å². The quantitative estimate of drug-likeness (QED) is 0.185. The van der Waals surface area contributed by atoms with E-state index in [1.807, 2.05) is 30.3 Å². The van der Waals surface area contributed by atoms with Gasteiger partial charge in [0.2, 0.25) is 0 Å². The molecule has 8 aromatic carbocycles. The van der Waals surface area contributed by atoms with Crippen molar-refractivity contribution in [2.45, 2.75) is 5.41 Å². The third-order valence-electron chi connectivity index (χ3n) is 11.2. The van der Waals surface area contributed by atoms with Gasteiger partial charge in [0, 0.05) is 27.6 Å². The number of hydrogen-bond acceptors (Lipinski definition) is 3. The lowest BCUT2D eigenvalue weighted by Crippen LogP contribution is -2.32. The molecule has 1 aliphatic carbocycles. The highest BCUT2D eigenvalue weighted by Gasteiger charge is 2.50. The summed E-state index contributed by atoms with van der Waals surface area (Å²) in [5.41, 5.74) is 15.6. The van der Waals surface area contributed by atoms with Crippen LogP contribution in [0.4, 0.5) is 0 Å². The maximum absolute atomic E-state index is 6.74. The molecular formula is C51H32N2O. The normalized spacial score (nSPS) is 13.1. The van der Waals surface area contributed by atoms with Crippen LogP contribution in [0.3, 0.4) is 0 Å². The van der Waals surface area contributed by atoms with Gasteiger partial charge in [0.25, 0.3) is 0 Å². The van der Waals surface area contributed by atoms with Gasteiger partial charge in [-0.2, -0.15) is 0 Å². The van der Waals surface area contributed by atoms with Crippen LogP contribution >= 0.6 is 0 Å². The van der Waals surface area contributed by atoms with Crippen molar-refractivity contribution >= 4 is 10.9 Å². The number of rotatable bonds is 4. The molecule has 0 atom stereocenters. The van der Waals surface area contributed by atoms with E-state index in [-0.39, 0.29) is 0 Å². The molecule has 0 bridgehead atoms. The van der Waals surface area contributed by atoms with Crippen molar-refractivity contribution in [1.29, 1.82) is 0 Å². The fourth-order valence-electron chi connectivity index (χ4n) is 8.73. The third kappa shape index (κ3) is 4.55. The average Bonchev–Trinajstić information content (AvgIpc) is 3.54. The minimum Gasteiger partial charge on any atom is -0.457 e. The van der Waals surface area contributed by atoms with Crippen LogP contribution in [0, 0.1) is 0 Å². The fraction of sp³-hybridized carbons (Fsp3) is 0.0196. The van der Waals surface area contributed by atoms with Crippen molar-refractivity contribution in [1.82, 2.24) is 9.97 Å². The van der Waals surface area contributed by atoms with Crippen molar-refractivity contribution in [2.75, 3.05) is 0 Å². The van der Waals surface area contributed by atoms with E-state index in [1.54, 1.807) is 0 Å². The van der Waals surface area contributed by atoms with Crippen LogP contribution in [0.2, 0.25) is 0 Å². The molecule has 1 aromatic heterocycles. The van der Waals surface area contributed by atoms with E-state index < -0.39 is 5.41 Å². The Labute approximate surface area is 313 Å². The molecule has 0 fully saturated rings. The lowest BCUT2D eigenvalue weighted by atomic mass is 9.66. The van der Waals surface area contributed by atoms with Crippen molar-refractivity contribution < 1.29 is 4.74 Å². The van der Waals surface area contributed by atoms with Gasteiger partial charge in [-0.15, -0.1) is 0 Å². The molecule has 252 valence electrons. The number of hydrogen-bond donors (Lipinski definition) is 0. The monoisotopic (exact) mass is 688 g/mol.